The van der Waals surface area contributed by atoms with Gasteiger partial charge in [-0.1, -0.05) is 37.7 Å². The maximum atomic E-state index is 12.8. The summed E-state index contributed by atoms with van der Waals surface area (Å²) in [6.07, 6.45) is 1.17. The SMILES string of the molecule is COCCn1c(SCC(=O)N2CC(C)CC(C)C2)nc2ccccc2c1=O. The minimum absolute atomic E-state index is 0.0900. The zero-order valence-electron chi connectivity index (χ0n) is 16.2. The fraction of sp³-hybridized carbons (Fsp3) is 0.550. The number of carbonyl (C=O) groups excluding carboxylic acids is 1. The number of hydrogen-bond acceptors (Lipinski definition) is 5. The van der Waals surface area contributed by atoms with Crippen LogP contribution < -0.4 is 5.56 Å². The summed E-state index contributed by atoms with van der Waals surface area (Å²) in [6, 6.07) is 7.31. The first-order chi connectivity index (χ1) is 13.0. The molecule has 2 atom stereocenters. The van der Waals surface area contributed by atoms with Crippen molar-refractivity contribution in [3.05, 3.63) is 34.6 Å². The molecule has 1 aliphatic rings. The Hall–Kier alpha value is -1.86. The van der Waals surface area contributed by atoms with Crippen LogP contribution in [0.1, 0.15) is 20.3 Å². The van der Waals surface area contributed by atoms with Crippen LogP contribution in [0.2, 0.25) is 0 Å². The number of nitrogens with zero attached hydrogens (tertiary/aromatic N) is 3. The van der Waals surface area contributed by atoms with Gasteiger partial charge in [0.25, 0.3) is 5.56 Å². The Balaban J connectivity index is 1.80. The number of benzene rings is 1. The van der Waals surface area contributed by atoms with Crippen LogP contribution in [0.5, 0.6) is 0 Å². The van der Waals surface area contributed by atoms with Crippen molar-refractivity contribution in [2.45, 2.75) is 32.0 Å². The maximum Gasteiger partial charge on any atom is 0.262 e. The number of hydrogen-bond donors (Lipinski definition) is 0. The molecule has 1 aromatic heterocycles. The van der Waals surface area contributed by atoms with E-state index in [4.69, 9.17) is 4.74 Å². The van der Waals surface area contributed by atoms with E-state index in [0.717, 1.165) is 13.1 Å². The summed E-state index contributed by atoms with van der Waals surface area (Å²) in [6.45, 7) is 6.84. The monoisotopic (exact) mass is 389 g/mol. The molecular weight excluding hydrogens is 362 g/mol. The molecule has 0 saturated carbocycles. The van der Waals surface area contributed by atoms with Gasteiger partial charge in [0.15, 0.2) is 5.16 Å². The molecule has 1 fully saturated rings. The fourth-order valence-corrected chi connectivity index (χ4v) is 4.65. The number of ether oxygens (including phenoxy) is 1. The fourth-order valence-electron chi connectivity index (χ4n) is 3.72. The van der Waals surface area contributed by atoms with Crippen molar-refractivity contribution in [2.24, 2.45) is 11.8 Å². The summed E-state index contributed by atoms with van der Waals surface area (Å²) in [5.41, 5.74) is 0.569. The summed E-state index contributed by atoms with van der Waals surface area (Å²) in [5.74, 6) is 1.46. The third-order valence-electron chi connectivity index (χ3n) is 4.89. The third kappa shape index (κ3) is 4.71. The van der Waals surface area contributed by atoms with E-state index in [1.54, 1.807) is 17.7 Å². The average Bonchev–Trinajstić information content (AvgIpc) is 2.65. The van der Waals surface area contributed by atoms with Crippen LogP contribution >= 0.6 is 11.8 Å². The van der Waals surface area contributed by atoms with Gasteiger partial charge in [-0.3, -0.25) is 14.2 Å². The van der Waals surface area contributed by atoms with Crippen molar-refractivity contribution in [1.29, 1.82) is 0 Å². The molecule has 0 N–H and O–H groups in total. The second kappa shape index (κ2) is 8.89. The summed E-state index contributed by atoms with van der Waals surface area (Å²) in [4.78, 5) is 32.1. The van der Waals surface area contributed by atoms with Gasteiger partial charge in [0.2, 0.25) is 5.91 Å². The zero-order chi connectivity index (χ0) is 19.4. The molecular formula is C20H27N3O3S. The molecule has 1 aromatic carbocycles. The molecule has 2 aromatic rings. The molecule has 6 nitrogen and oxygen atoms in total. The summed E-state index contributed by atoms with van der Waals surface area (Å²) < 4.78 is 6.76. The van der Waals surface area contributed by atoms with E-state index in [-0.39, 0.29) is 17.2 Å². The van der Waals surface area contributed by atoms with E-state index >= 15 is 0 Å². The van der Waals surface area contributed by atoms with Crippen molar-refractivity contribution in [3.8, 4) is 0 Å². The lowest BCUT2D eigenvalue weighted by Crippen LogP contribution is -2.43. The topological polar surface area (TPSA) is 64.4 Å². The first-order valence-electron chi connectivity index (χ1n) is 9.38. The number of para-hydroxylation sites is 1. The number of carbonyl (C=O) groups is 1. The molecule has 2 unspecified atom stereocenters. The van der Waals surface area contributed by atoms with Crippen LogP contribution in [-0.4, -0.2) is 52.9 Å². The average molecular weight is 390 g/mol. The maximum absolute atomic E-state index is 12.8. The number of methoxy groups -OCH3 is 1. The normalized spacial score (nSPS) is 20.2. The summed E-state index contributed by atoms with van der Waals surface area (Å²) in [5, 5.41) is 1.16. The highest BCUT2D eigenvalue weighted by Gasteiger charge is 2.25. The second-order valence-electron chi connectivity index (χ2n) is 7.39. The Bertz CT molecular complexity index is 857. The highest BCUT2D eigenvalue weighted by atomic mass is 32.2. The zero-order valence-corrected chi connectivity index (χ0v) is 17.0. The molecule has 1 aliphatic heterocycles. The first kappa shape index (κ1) is 19.9. The number of thioether (sulfide) groups is 1. The van der Waals surface area contributed by atoms with Gasteiger partial charge in [-0.25, -0.2) is 4.98 Å². The van der Waals surface area contributed by atoms with Crippen molar-refractivity contribution in [3.63, 3.8) is 0 Å². The first-order valence-corrected chi connectivity index (χ1v) is 10.4. The quantitative estimate of drug-likeness (QED) is 0.561. The second-order valence-corrected chi connectivity index (χ2v) is 8.34. The number of rotatable bonds is 6. The van der Waals surface area contributed by atoms with Crippen LogP contribution in [0, 0.1) is 11.8 Å². The van der Waals surface area contributed by atoms with Crippen LogP contribution in [0.4, 0.5) is 0 Å². The van der Waals surface area contributed by atoms with Gasteiger partial charge in [-0.05, 0) is 30.4 Å². The lowest BCUT2D eigenvalue weighted by atomic mass is 9.92. The Morgan fingerprint density at radius 1 is 1.26 bits per heavy atom. The number of aromatic nitrogens is 2. The minimum Gasteiger partial charge on any atom is -0.383 e. The summed E-state index contributed by atoms with van der Waals surface area (Å²) >= 11 is 1.34. The van der Waals surface area contributed by atoms with E-state index in [0.29, 0.717) is 41.0 Å². The largest absolute Gasteiger partial charge is 0.383 e. The number of fused-ring (bicyclic) bond motifs is 1. The van der Waals surface area contributed by atoms with E-state index < -0.39 is 0 Å². The highest BCUT2D eigenvalue weighted by Crippen LogP contribution is 2.23. The predicted molar refractivity (Wildman–Crippen MR) is 108 cm³/mol. The molecule has 0 spiro atoms. The lowest BCUT2D eigenvalue weighted by molar-refractivity contribution is -0.130. The van der Waals surface area contributed by atoms with E-state index in [2.05, 4.69) is 18.8 Å². The van der Waals surface area contributed by atoms with Crippen molar-refractivity contribution in [1.82, 2.24) is 14.5 Å². The Kier molecular flexibility index (Phi) is 6.55. The van der Waals surface area contributed by atoms with E-state index in [1.165, 1.54) is 18.2 Å². The molecule has 27 heavy (non-hydrogen) atoms. The molecule has 0 bridgehead atoms. The van der Waals surface area contributed by atoms with Gasteiger partial charge in [0.1, 0.15) is 0 Å². The van der Waals surface area contributed by atoms with E-state index in [1.807, 2.05) is 23.1 Å². The van der Waals surface area contributed by atoms with Gasteiger partial charge in [-0.2, -0.15) is 0 Å². The standard InChI is InChI=1S/C20H27N3O3S/c1-14-10-15(2)12-22(11-14)18(24)13-27-20-21-17-7-5-4-6-16(17)19(25)23(20)8-9-26-3/h4-7,14-15H,8-13H2,1-3H3. The number of amides is 1. The van der Waals surface area contributed by atoms with E-state index in [9.17, 15) is 9.59 Å². The predicted octanol–water partition coefficient (Wildman–Crippen LogP) is 2.64. The van der Waals surface area contributed by atoms with Gasteiger partial charge in [0.05, 0.1) is 29.8 Å². The Labute approximate surface area is 163 Å². The summed E-state index contributed by atoms with van der Waals surface area (Å²) in [7, 11) is 1.61. The van der Waals surface area contributed by atoms with Gasteiger partial charge in [-0.15, -0.1) is 0 Å². The Morgan fingerprint density at radius 3 is 2.67 bits per heavy atom. The molecule has 7 heteroatoms. The minimum atomic E-state index is -0.0900. The van der Waals surface area contributed by atoms with Crippen LogP contribution in [0.3, 0.4) is 0 Å². The molecule has 0 radical (unpaired) electrons. The van der Waals surface area contributed by atoms with Crippen molar-refractivity contribution >= 4 is 28.6 Å². The van der Waals surface area contributed by atoms with Crippen LogP contribution in [-0.2, 0) is 16.1 Å². The molecule has 0 aliphatic carbocycles. The third-order valence-corrected chi connectivity index (χ3v) is 5.85. The molecule has 1 amide bonds. The van der Waals surface area contributed by atoms with Gasteiger partial charge < -0.3 is 9.64 Å². The molecule has 146 valence electrons. The van der Waals surface area contributed by atoms with Crippen molar-refractivity contribution in [2.75, 3.05) is 32.6 Å². The Morgan fingerprint density at radius 2 is 1.96 bits per heavy atom. The molecule has 2 heterocycles. The number of likely N-dealkylation sites (tertiary alicyclic amines) is 1. The van der Waals surface area contributed by atoms with Gasteiger partial charge in [0, 0.05) is 20.2 Å². The van der Waals surface area contributed by atoms with Crippen molar-refractivity contribution < 1.29 is 9.53 Å². The molecule has 1 saturated heterocycles. The van der Waals surface area contributed by atoms with Crippen LogP contribution in [0.15, 0.2) is 34.2 Å². The molecule has 3 rings (SSSR count). The van der Waals surface area contributed by atoms with Gasteiger partial charge >= 0.3 is 0 Å². The number of piperidine rings is 1. The van der Waals surface area contributed by atoms with Crippen LogP contribution in [0.25, 0.3) is 10.9 Å². The lowest BCUT2D eigenvalue weighted by Gasteiger charge is -2.35. The smallest absolute Gasteiger partial charge is 0.262 e. The highest BCUT2D eigenvalue weighted by molar-refractivity contribution is 7.99.